The van der Waals surface area contributed by atoms with Gasteiger partial charge in [-0.25, -0.2) is 13.8 Å². The Kier molecular flexibility index (Phi) is 4.05. The lowest BCUT2D eigenvalue weighted by atomic mass is 10.1. The van der Waals surface area contributed by atoms with Crippen LogP contribution in [0.1, 0.15) is 23.2 Å². The van der Waals surface area contributed by atoms with Crippen LogP contribution in [0, 0.1) is 3.70 Å². The van der Waals surface area contributed by atoms with E-state index >= 15 is 0 Å². The Hall–Kier alpha value is -0.510. The van der Waals surface area contributed by atoms with E-state index in [1.54, 1.807) is 0 Å². The third kappa shape index (κ3) is 2.78. The van der Waals surface area contributed by atoms with E-state index in [2.05, 4.69) is 4.98 Å². The van der Waals surface area contributed by atoms with Crippen LogP contribution in [-0.2, 0) is 12.8 Å². The monoisotopic (exact) mass is 353 g/mol. The third-order valence-corrected chi connectivity index (χ3v) is 2.52. The van der Waals surface area contributed by atoms with Crippen molar-refractivity contribution in [2.75, 3.05) is 0 Å². The molecule has 0 saturated heterocycles. The molecule has 0 spiro atoms. The first-order chi connectivity index (χ1) is 7.27. The van der Waals surface area contributed by atoms with E-state index in [-0.39, 0.29) is 5.69 Å². The highest BCUT2D eigenvalue weighted by molar-refractivity contribution is 14.1. The summed E-state index contributed by atoms with van der Waals surface area (Å²) in [6.45, 7) is -0.687. The van der Waals surface area contributed by atoms with Crippen molar-refractivity contribution in [2.45, 2.75) is 19.2 Å². The minimum absolute atomic E-state index is 0.215. The molecule has 0 amide bonds. The molecule has 0 aliphatic carbocycles. The van der Waals surface area contributed by atoms with Crippen LogP contribution in [0.15, 0.2) is 6.07 Å². The first kappa shape index (κ1) is 13.6. The minimum Gasteiger partial charge on any atom is -0.390 e. The summed E-state index contributed by atoms with van der Waals surface area (Å²) in [5.74, 6) is 0. The molecular weight excluding hydrogens is 348 g/mol. The van der Waals surface area contributed by atoms with E-state index in [1.165, 1.54) is 22.6 Å². The summed E-state index contributed by atoms with van der Waals surface area (Å²) < 4.78 is 61.7. The van der Waals surface area contributed by atoms with Gasteiger partial charge >= 0.3 is 6.18 Å². The summed E-state index contributed by atoms with van der Waals surface area (Å²) in [6.07, 6.45) is -8.15. The number of pyridine rings is 1. The Balaban J connectivity index is 3.46. The van der Waals surface area contributed by atoms with Crippen LogP contribution in [0.5, 0.6) is 0 Å². The van der Waals surface area contributed by atoms with Gasteiger partial charge in [-0.1, -0.05) is 0 Å². The van der Waals surface area contributed by atoms with Gasteiger partial charge in [0, 0.05) is 5.56 Å². The zero-order chi connectivity index (χ0) is 12.5. The molecule has 1 aromatic heterocycles. The molecule has 1 N–H and O–H groups in total. The summed E-state index contributed by atoms with van der Waals surface area (Å²) in [5, 5.41) is 8.67. The molecule has 0 fully saturated rings. The molecule has 0 aliphatic rings. The van der Waals surface area contributed by atoms with Crippen molar-refractivity contribution in [3.8, 4) is 0 Å². The summed E-state index contributed by atoms with van der Waals surface area (Å²) in [6, 6.07) is 0.565. The van der Waals surface area contributed by atoms with Crippen molar-refractivity contribution >= 4 is 22.6 Å². The van der Waals surface area contributed by atoms with Gasteiger partial charge < -0.3 is 5.11 Å². The first-order valence-electron chi connectivity index (χ1n) is 3.93. The SMILES string of the molecule is OCc1cc(C(F)F)c(C(F)(F)F)c(I)n1. The molecule has 0 unspecified atom stereocenters. The van der Waals surface area contributed by atoms with Crippen molar-refractivity contribution in [2.24, 2.45) is 0 Å². The normalized spacial score (nSPS) is 12.2. The lowest BCUT2D eigenvalue weighted by Gasteiger charge is -2.14. The standard InChI is InChI=1S/C8H5F5INO/c9-6(10)4-1-3(2-16)15-7(14)5(4)8(11,12)13/h1,6,16H,2H2. The van der Waals surface area contributed by atoms with Crippen LogP contribution in [-0.4, -0.2) is 10.1 Å². The van der Waals surface area contributed by atoms with Gasteiger partial charge in [-0.2, -0.15) is 13.2 Å². The summed E-state index contributed by atoms with van der Waals surface area (Å²) in [7, 11) is 0. The first-order valence-corrected chi connectivity index (χ1v) is 5.00. The lowest BCUT2D eigenvalue weighted by molar-refractivity contribution is -0.140. The maximum atomic E-state index is 12.5. The van der Waals surface area contributed by atoms with Gasteiger partial charge in [0.05, 0.1) is 17.9 Å². The van der Waals surface area contributed by atoms with Crippen molar-refractivity contribution < 1.29 is 27.1 Å². The van der Waals surface area contributed by atoms with Gasteiger partial charge in [-0.3, -0.25) is 0 Å². The van der Waals surface area contributed by atoms with E-state index in [9.17, 15) is 22.0 Å². The maximum Gasteiger partial charge on any atom is 0.419 e. The number of alkyl halides is 5. The van der Waals surface area contributed by atoms with E-state index in [0.29, 0.717) is 6.07 Å². The zero-order valence-corrected chi connectivity index (χ0v) is 9.68. The van der Waals surface area contributed by atoms with E-state index in [4.69, 9.17) is 5.11 Å². The molecule has 1 aromatic rings. The number of hydrogen-bond donors (Lipinski definition) is 1. The molecule has 0 aliphatic heterocycles. The fourth-order valence-corrected chi connectivity index (χ4v) is 2.05. The molecule has 1 heterocycles. The Morgan fingerprint density at radius 1 is 1.38 bits per heavy atom. The molecule has 0 atom stereocenters. The zero-order valence-electron chi connectivity index (χ0n) is 7.52. The smallest absolute Gasteiger partial charge is 0.390 e. The molecule has 0 bridgehead atoms. The molecule has 0 aromatic carbocycles. The number of aliphatic hydroxyl groups is 1. The van der Waals surface area contributed by atoms with Gasteiger partial charge in [-0.05, 0) is 28.7 Å². The molecule has 8 heteroatoms. The quantitative estimate of drug-likeness (QED) is 0.504. The highest BCUT2D eigenvalue weighted by Crippen LogP contribution is 2.38. The van der Waals surface area contributed by atoms with Gasteiger partial charge in [0.25, 0.3) is 6.43 Å². The molecule has 2 nitrogen and oxygen atoms in total. The molecule has 0 radical (unpaired) electrons. The van der Waals surface area contributed by atoms with E-state index in [0.717, 1.165) is 0 Å². The minimum atomic E-state index is -4.89. The van der Waals surface area contributed by atoms with Crippen molar-refractivity contribution in [3.63, 3.8) is 0 Å². The van der Waals surface area contributed by atoms with Crippen LogP contribution < -0.4 is 0 Å². The van der Waals surface area contributed by atoms with Crippen molar-refractivity contribution in [3.05, 3.63) is 26.6 Å². The second-order valence-corrected chi connectivity index (χ2v) is 3.85. The number of rotatable bonds is 2. The van der Waals surface area contributed by atoms with E-state index < -0.39 is 34.0 Å². The van der Waals surface area contributed by atoms with Crippen LogP contribution in [0.3, 0.4) is 0 Å². The summed E-state index contributed by atoms with van der Waals surface area (Å²) in [4.78, 5) is 3.38. The third-order valence-electron chi connectivity index (χ3n) is 1.74. The van der Waals surface area contributed by atoms with Crippen LogP contribution >= 0.6 is 22.6 Å². The molecular formula is C8H5F5INO. The predicted octanol–water partition coefficient (Wildman–Crippen LogP) is 3.13. The second kappa shape index (κ2) is 4.78. The highest BCUT2D eigenvalue weighted by Gasteiger charge is 2.39. The number of nitrogens with zero attached hydrogens (tertiary/aromatic N) is 1. The molecule has 1 rings (SSSR count). The Morgan fingerprint density at radius 3 is 2.31 bits per heavy atom. The summed E-state index contributed by atoms with van der Waals surface area (Å²) in [5.41, 5.74) is -2.82. The number of aromatic nitrogens is 1. The average molecular weight is 353 g/mol. The van der Waals surface area contributed by atoms with Gasteiger partial charge in [0.1, 0.15) is 3.70 Å². The Bertz CT molecular complexity index is 393. The number of aliphatic hydroxyl groups excluding tert-OH is 1. The fourth-order valence-electron chi connectivity index (χ4n) is 1.12. The average Bonchev–Trinajstić information content (AvgIpc) is 2.14. The van der Waals surface area contributed by atoms with Crippen LogP contribution in [0.4, 0.5) is 22.0 Å². The number of hydrogen-bond acceptors (Lipinski definition) is 2. The highest BCUT2D eigenvalue weighted by atomic mass is 127. The largest absolute Gasteiger partial charge is 0.419 e. The van der Waals surface area contributed by atoms with Gasteiger partial charge in [0.2, 0.25) is 0 Å². The maximum absolute atomic E-state index is 12.5. The molecule has 0 saturated carbocycles. The molecule has 90 valence electrons. The lowest BCUT2D eigenvalue weighted by Crippen LogP contribution is -2.14. The Morgan fingerprint density at radius 2 is 1.94 bits per heavy atom. The fraction of sp³-hybridized carbons (Fsp3) is 0.375. The van der Waals surface area contributed by atoms with Gasteiger partial charge in [-0.15, -0.1) is 0 Å². The molecule has 16 heavy (non-hydrogen) atoms. The van der Waals surface area contributed by atoms with Crippen LogP contribution in [0.25, 0.3) is 0 Å². The Labute approximate surface area is 101 Å². The second-order valence-electron chi connectivity index (χ2n) is 2.83. The topological polar surface area (TPSA) is 33.1 Å². The van der Waals surface area contributed by atoms with Crippen molar-refractivity contribution in [1.29, 1.82) is 0 Å². The van der Waals surface area contributed by atoms with Crippen molar-refractivity contribution in [1.82, 2.24) is 4.98 Å². The van der Waals surface area contributed by atoms with E-state index in [1.807, 2.05) is 0 Å². The summed E-state index contributed by atoms with van der Waals surface area (Å²) >= 11 is 1.22. The number of halogens is 6. The van der Waals surface area contributed by atoms with Gasteiger partial charge in [0.15, 0.2) is 0 Å². The predicted molar refractivity (Wildman–Crippen MR) is 52.8 cm³/mol. The van der Waals surface area contributed by atoms with Crippen LogP contribution in [0.2, 0.25) is 0 Å².